The quantitative estimate of drug-likeness (QED) is 0.677. The van der Waals surface area contributed by atoms with Crippen LogP contribution in [0.25, 0.3) is 5.69 Å². The Bertz CT molecular complexity index is 735. The number of aryl methyl sites for hydroxylation is 2. The molecule has 4 heteroatoms. The van der Waals surface area contributed by atoms with Gasteiger partial charge in [0, 0.05) is 11.4 Å². The van der Waals surface area contributed by atoms with Gasteiger partial charge in [-0.3, -0.25) is 4.57 Å². The average Bonchev–Trinajstić information content (AvgIpc) is 2.87. The van der Waals surface area contributed by atoms with Gasteiger partial charge in [0.25, 0.3) is 0 Å². The minimum Gasteiger partial charge on any atom is -0.274 e. The van der Waals surface area contributed by atoms with E-state index in [9.17, 15) is 0 Å². The highest BCUT2D eigenvalue weighted by molar-refractivity contribution is 7.98. The normalized spacial score (nSPS) is 10.8. The number of para-hydroxylation sites is 1. The van der Waals surface area contributed by atoms with Crippen molar-refractivity contribution in [1.82, 2.24) is 14.8 Å². The molecule has 0 aliphatic rings. The van der Waals surface area contributed by atoms with E-state index in [-0.39, 0.29) is 0 Å². The minimum atomic E-state index is 0.895. The molecule has 0 fully saturated rings. The zero-order valence-corrected chi connectivity index (χ0v) is 13.0. The zero-order chi connectivity index (χ0) is 14.7. The number of rotatable bonds is 4. The van der Waals surface area contributed by atoms with Crippen LogP contribution >= 0.6 is 11.8 Å². The number of nitrogens with zero attached hydrogens (tertiary/aromatic N) is 3. The third-order valence-electron chi connectivity index (χ3n) is 3.26. The van der Waals surface area contributed by atoms with Gasteiger partial charge in [0.15, 0.2) is 5.16 Å². The van der Waals surface area contributed by atoms with E-state index in [1.165, 1.54) is 11.1 Å². The second-order valence-corrected chi connectivity index (χ2v) is 5.92. The van der Waals surface area contributed by atoms with Crippen LogP contribution in [-0.4, -0.2) is 14.8 Å². The Labute approximate surface area is 129 Å². The van der Waals surface area contributed by atoms with Gasteiger partial charge in [-0.25, -0.2) is 0 Å². The molecule has 0 N–H and O–H groups in total. The first-order valence-electron chi connectivity index (χ1n) is 6.90. The summed E-state index contributed by atoms with van der Waals surface area (Å²) in [6.07, 6.45) is 0. The Morgan fingerprint density at radius 1 is 0.952 bits per heavy atom. The topological polar surface area (TPSA) is 30.7 Å². The summed E-state index contributed by atoms with van der Waals surface area (Å²) in [6, 6.07) is 18.8. The Kier molecular flexibility index (Phi) is 4.06. The Hall–Kier alpha value is -2.07. The van der Waals surface area contributed by atoms with Crippen molar-refractivity contribution in [2.45, 2.75) is 24.8 Å². The average molecular weight is 295 g/mol. The van der Waals surface area contributed by atoms with Crippen LogP contribution in [0.3, 0.4) is 0 Å². The summed E-state index contributed by atoms with van der Waals surface area (Å²) in [5, 5.41) is 9.45. The molecular weight excluding hydrogens is 278 g/mol. The molecule has 0 saturated heterocycles. The van der Waals surface area contributed by atoms with Crippen LogP contribution in [0.1, 0.15) is 17.0 Å². The summed E-state index contributed by atoms with van der Waals surface area (Å²) < 4.78 is 2.10. The molecule has 3 aromatic rings. The molecule has 1 aromatic heterocycles. The van der Waals surface area contributed by atoms with E-state index < -0.39 is 0 Å². The molecule has 0 unspecified atom stereocenters. The fourth-order valence-corrected chi connectivity index (χ4v) is 3.20. The lowest BCUT2D eigenvalue weighted by atomic mass is 10.2. The van der Waals surface area contributed by atoms with Crippen molar-refractivity contribution >= 4 is 11.8 Å². The van der Waals surface area contributed by atoms with Crippen molar-refractivity contribution in [3.05, 3.63) is 71.5 Å². The molecular formula is C17H17N3S. The SMILES string of the molecule is Cc1cccc(CSc2nnc(C)n2-c2ccccc2)c1. The summed E-state index contributed by atoms with van der Waals surface area (Å²) in [4.78, 5) is 0. The summed E-state index contributed by atoms with van der Waals surface area (Å²) in [5.41, 5.74) is 3.70. The molecule has 0 aliphatic heterocycles. The third kappa shape index (κ3) is 3.16. The second-order valence-electron chi connectivity index (χ2n) is 4.98. The summed E-state index contributed by atoms with van der Waals surface area (Å²) in [5.74, 6) is 1.81. The number of aromatic nitrogens is 3. The van der Waals surface area contributed by atoms with Crippen LogP contribution in [0.4, 0.5) is 0 Å². The lowest BCUT2D eigenvalue weighted by Crippen LogP contribution is -1.98. The van der Waals surface area contributed by atoms with Crippen LogP contribution in [0.2, 0.25) is 0 Å². The van der Waals surface area contributed by atoms with Crippen LogP contribution in [-0.2, 0) is 5.75 Å². The highest BCUT2D eigenvalue weighted by Gasteiger charge is 2.11. The fraction of sp³-hybridized carbons (Fsp3) is 0.176. The Morgan fingerprint density at radius 3 is 2.52 bits per heavy atom. The molecule has 0 spiro atoms. The molecule has 0 amide bonds. The van der Waals surface area contributed by atoms with Gasteiger partial charge in [0.05, 0.1) is 0 Å². The van der Waals surface area contributed by atoms with Crippen LogP contribution in [0.5, 0.6) is 0 Å². The first-order valence-corrected chi connectivity index (χ1v) is 7.88. The lowest BCUT2D eigenvalue weighted by Gasteiger charge is -2.08. The molecule has 1 heterocycles. The van der Waals surface area contributed by atoms with Crippen LogP contribution in [0, 0.1) is 13.8 Å². The molecule has 21 heavy (non-hydrogen) atoms. The van der Waals surface area contributed by atoms with E-state index in [0.29, 0.717) is 0 Å². The molecule has 106 valence electrons. The molecule has 0 atom stereocenters. The summed E-state index contributed by atoms with van der Waals surface area (Å²) in [7, 11) is 0. The monoisotopic (exact) mass is 295 g/mol. The zero-order valence-electron chi connectivity index (χ0n) is 12.2. The maximum absolute atomic E-state index is 4.31. The predicted molar refractivity (Wildman–Crippen MR) is 86.8 cm³/mol. The van der Waals surface area contributed by atoms with Crippen molar-refractivity contribution in [3.8, 4) is 5.69 Å². The number of hydrogen-bond acceptors (Lipinski definition) is 3. The second kappa shape index (κ2) is 6.14. The minimum absolute atomic E-state index is 0.895. The largest absolute Gasteiger partial charge is 0.274 e. The third-order valence-corrected chi connectivity index (χ3v) is 4.26. The number of hydrogen-bond donors (Lipinski definition) is 0. The smallest absolute Gasteiger partial charge is 0.196 e. The van der Waals surface area contributed by atoms with Gasteiger partial charge >= 0.3 is 0 Å². The van der Waals surface area contributed by atoms with E-state index in [0.717, 1.165) is 22.4 Å². The van der Waals surface area contributed by atoms with E-state index in [2.05, 4.69) is 58.1 Å². The maximum atomic E-state index is 4.31. The molecule has 2 aromatic carbocycles. The summed E-state index contributed by atoms with van der Waals surface area (Å²) in [6.45, 7) is 4.10. The van der Waals surface area contributed by atoms with Gasteiger partial charge in [0.2, 0.25) is 0 Å². The van der Waals surface area contributed by atoms with E-state index in [1.807, 2.05) is 25.1 Å². The fourth-order valence-electron chi connectivity index (χ4n) is 2.26. The van der Waals surface area contributed by atoms with Gasteiger partial charge in [-0.1, -0.05) is 59.8 Å². The van der Waals surface area contributed by atoms with Crippen molar-refractivity contribution in [2.24, 2.45) is 0 Å². The van der Waals surface area contributed by atoms with Crippen molar-refractivity contribution in [1.29, 1.82) is 0 Å². The first-order chi connectivity index (χ1) is 10.2. The number of benzene rings is 2. The molecule has 3 rings (SSSR count). The number of thioether (sulfide) groups is 1. The van der Waals surface area contributed by atoms with Gasteiger partial charge < -0.3 is 0 Å². The van der Waals surface area contributed by atoms with Crippen molar-refractivity contribution in [2.75, 3.05) is 0 Å². The van der Waals surface area contributed by atoms with Gasteiger partial charge in [-0.05, 0) is 31.5 Å². The van der Waals surface area contributed by atoms with Gasteiger partial charge in [0.1, 0.15) is 5.82 Å². The predicted octanol–water partition coefficient (Wildman–Crippen LogP) is 4.18. The van der Waals surface area contributed by atoms with E-state index >= 15 is 0 Å². The van der Waals surface area contributed by atoms with Gasteiger partial charge in [-0.15, -0.1) is 10.2 Å². The summed E-state index contributed by atoms with van der Waals surface area (Å²) >= 11 is 1.71. The first kappa shape index (κ1) is 13.9. The maximum Gasteiger partial charge on any atom is 0.196 e. The molecule has 0 aliphatic carbocycles. The van der Waals surface area contributed by atoms with Crippen LogP contribution in [0.15, 0.2) is 59.8 Å². The van der Waals surface area contributed by atoms with E-state index in [1.54, 1.807) is 11.8 Å². The van der Waals surface area contributed by atoms with E-state index in [4.69, 9.17) is 0 Å². The Balaban J connectivity index is 1.84. The molecule has 0 bridgehead atoms. The molecule has 0 radical (unpaired) electrons. The van der Waals surface area contributed by atoms with Crippen molar-refractivity contribution in [3.63, 3.8) is 0 Å². The lowest BCUT2D eigenvalue weighted by molar-refractivity contribution is 0.868. The molecule has 3 nitrogen and oxygen atoms in total. The standard InChI is InChI=1S/C17H17N3S/c1-13-7-6-8-15(11-13)12-21-17-19-18-14(2)20(17)16-9-4-3-5-10-16/h3-11H,12H2,1-2H3. The molecule has 0 saturated carbocycles. The van der Waals surface area contributed by atoms with Crippen LogP contribution < -0.4 is 0 Å². The Morgan fingerprint density at radius 2 is 1.76 bits per heavy atom. The van der Waals surface area contributed by atoms with Gasteiger partial charge in [-0.2, -0.15) is 0 Å². The highest BCUT2D eigenvalue weighted by atomic mass is 32.2. The highest BCUT2D eigenvalue weighted by Crippen LogP contribution is 2.25. The van der Waals surface area contributed by atoms with Crippen molar-refractivity contribution < 1.29 is 0 Å².